The van der Waals surface area contributed by atoms with Gasteiger partial charge in [0.1, 0.15) is 0 Å². The molecule has 0 atom stereocenters. The molecule has 14 heavy (non-hydrogen) atoms. The first-order chi connectivity index (χ1) is 6.61. The molecule has 1 aromatic heterocycles. The predicted octanol–water partition coefficient (Wildman–Crippen LogP) is 1.38. The maximum atomic E-state index is 10.8. The summed E-state index contributed by atoms with van der Waals surface area (Å²) in [7, 11) is 5.25. The Morgan fingerprint density at radius 3 is 3.00 bits per heavy atom. The molecule has 0 bridgehead atoms. The van der Waals surface area contributed by atoms with E-state index in [1.165, 1.54) is 18.4 Å². The van der Waals surface area contributed by atoms with Crippen LogP contribution in [-0.2, 0) is 11.3 Å². The van der Waals surface area contributed by atoms with Crippen molar-refractivity contribution in [1.82, 2.24) is 9.88 Å². The number of nitrogens with zero attached hydrogens (tertiary/aromatic N) is 2. The van der Waals surface area contributed by atoms with Crippen molar-refractivity contribution in [3.05, 3.63) is 11.1 Å². The zero-order chi connectivity index (χ0) is 10.6. The minimum Gasteiger partial charge on any atom is -0.453 e. The molecule has 0 fully saturated rings. The number of methoxy groups -OCH3 is 1. The number of carbonyl (C=O) groups excluding carboxylic acids is 1. The highest BCUT2D eigenvalue weighted by Gasteiger charge is 2.06. The molecule has 0 saturated heterocycles. The molecular weight excluding hydrogens is 202 g/mol. The zero-order valence-corrected chi connectivity index (χ0v) is 9.22. The van der Waals surface area contributed by atoms with Crippen LogP contribution in [0.3, 0.4) is 0 Å². The van der Waals surface area contributed by atoms with Gasteiger partial charge in [-0.15, -0.1) is 11.3 Å². The topological polar surface area (TPSA) is 54.5 Å². The van der Waals surface area contributed by atoms with Gasteiger partial charge in [0.2, 0.25) is 0 Å². The van der Waals surface area contributed by atoms with Crippen molar-refractivity contribution >= 4 is 22.6 Å². The molecule has 0 saturated carbocycles. The fourth-order valence-corrected chi connectivity index (χ4v) is 1.59. The number of aromatic nitrogens is 1. The highest BCUT2D eigenvalue weighted by atomic mass is 32.1. The van der Waals surface area contributed by atoms with Gasteiger partial charge in [-0.1, -0.05) is 0 Å². The number of hydrogen-bond donors (Lipinski definition) is 1. The van der Waals surface area contributed by atoms with Crippen LogP contribution >= 0.6 is 11.3 Å². The molecule has 1 N–H and O–H groups in total. The van der Waals surface area contributed by atoms with Crippen LogP contribution in [-0.4, -0.2) is 37.2 Å². The van der Waals surface area contributed by atoms with E-state index >= 15 is 0 Å². The van der Waals surface area contributed by atoms with Gasteiger partial charge >= 0.3 is 6.09 Å². The van der Waals surface area contributed by atoms with E-state index in [2.05, 4.69) is 15.0 Å². The number of hydrogen-bond acceptors (Lipinski definition) is 5. The number of carbonyl (C=O) groups is 1. The minimum atomic E-state index is -0.490. The summed E-state index contributed by atoms with van der Waals surface area (Å²) in [6.07, 6.45) is -0.490. The minimum absolute atomic E-state index is 0.490. The van der Waals surface area contributed by atoms with Gasteiger partial charge in [-0.25, -0.2) is 9.78 Å². The molecule has 6 heteroatoms. The van der Waals surface area contributed by atoms with Crippen molar-refractivity contribution in [2.45, 2.75) is 6.54 Å². The van der Waals surface area contributed by atoms with E-state index in [1.54, 1.807) is 0 Å². The lowest BCUT2D eigenvalue weighted by atomic mass is 10.5. The predicted molar refractivity (Wildman–Crippen MR) is 55.5 cm³/mol. The van der Waals surface area contributed by atoms with Crippen molar-refractivity contribution in [1.29, 1.82) is 0 Å². The van der Waals surface area contributed by atoms with Crippen LogP contribution in [0.15, 0.2) is 5.38 Å². The molecule has 1 heterocycles. The second-order valence-corrected chi connectivity index (χ2v) is 3.86. The number of nitrogens with one attached hydrogen (secondary N) is 1. The van der Waals surface area contributed by atoms with Crippen molar-refractivity contribution in [3.63, 3.8) is 0 Å². The van der Waals surface area contributed by atoms with Crippen LogP contribution in [0.1, 0.15) is 5.69 Å². The van der Waals surface area contributed by atoms with Crippen LogP contribution in [0, 0.1) is 0 Å². The standard InChI is InChI=1S/C8H13N3O2S/c1-11(2)4-6-5-14-7(9-6)10-8(12)13-3/h5H,4H2,1-3H3,(H,9,10,12). The highest BCUT2D eigenvalue weighted by Crippen LogP contribution is 2.16. The fourth-order valence-electron chi connectivity index (χ4n) is 0.899. The Morgan fingerprint density at radius 1 is 1.71 bits per heavy atom. The average Bonchev–Trinajstić information content (AvgIpc) is 2.51. The van der Waals surface area contributed by atoms with Crippen molar-refractivity contribution in [3.8, 4) is 0 Å². The Balaban J connectivity index is 2.55. The van der Waals surface area contributed by atoms with Crippen LogP contribution in [0.4, 0.5) is 9.93 Å². The quantitative estimate of drug-likeness (QED) is 0.827. The van der Waals surface area contributed by atoms with E-state index < -0.39 is 6.09 Å². The van der Waals surface area contributed by atoms with E-state index in [1.807, 2.05) is 24.4 Å². The van der Waals surface area contributed by atoms with Crippen LogP contribution in [0.25, 0.3) is 0 Å². The van der Waals surface area contributed by atoms with Gasteiger partial charge in [-0.2, -0.15) is 0 Å². The molecule has 5 nitrogen and oxygen atoms in total. The molecule has 1 aromatic rings. The Morgan fingerprint density at radius 2 is 2.43 bits per heavy atom. The molecule has 1 amide bonds. The first kappa shape index (κ1) is 10.9. The Bertz CT molecular complexity index is 311. The van der Waals surface area contributed by atoms with Gasteiger partial charge in [0.25, 0.3) is 0 Å². The second-order valence-electron chi connectivity index (χ2n) is 3.00. The van der Waals surface area contributed by atoms with Gasteiger partial charge in [-0.05, 0) is 14.1 Å². The number of rotatable bonds is 3. The first-order valence-electron chi connectivity index (χ1n) is 4.06. The maximum Gasteiger partial charge on any atom is 0.413 e. The SMILES string of the molecule is COC(=O)Nc1nc(CN(C)C)cs1. The van der Waals surface area contributed by atoms with Crippen molar-refractivity contribution in [2.24, 2.45) is 0 Å². The number of anilines is 1. The Kier molecular flexibility index (Phi) is 3.84. The summed E-state index contributed by atoms with van der Waals surface area (Å²) in [5.41, 5.74) is 0.936. The smallest absolute Gasteiger partial charge is 0.413 e. The first-order valence-corrected chi connectivity index (χ1v) is 4.94. The van der Waals surface area contributed by atoms with Crippen molar-refractivity contribution in [2.75, 3.05) is 26.5 Å². The summed E-state index contributed by atoms with van der Waals surface area (Å²) in [4.78, 5) is 17.0. The van der Waals surface area contributed by atoms with Gasteiger partial charge < -0.3 is 9.64 Å². The molecule has 0 radical (unpaired) electrons. The summed E-state index contributed by atoms with van der Waals surface area (Å²) < 4.78 is 4.45. The normalized spacial score (nSPS) is 10.3. The third-order valence-electron chi connectivity index (χ3n) is 1.42. The molecule has 0 aromatic carbocycles. The molecule has 0 spiro atoms. The van der Waals surface area contributed by atoms with E-state index in [-0.39, 0.29) is 0 Å². The summed E-state index contributed by atoms with van der Waals surface area (Å²) in [6.45, 7) is 0.763. The lowest BCUT2D eigenvalue weighted by molar-refractivity contribution is 0.187. The van der Waals surface area contributed by atoms with Gasteiger partial charge in [0.15, 0.2) is 5.13 Å². The lowest BCUT2D eigenvalue weighted by Crippen LogP contribution is -2.12. The van der Waals surface area contributed by atoms with Gasteiger partial charge in [0.05, 0.1) is 12.8 Å². The third-order valence-corrected chi connectivity index (χ3v) is 2.23. The molecule has 1 rings (SSSR count). The monoisotopic (exact) mass is 215 g/mol. The molecule has 0 aliphatic carbocycles. The Labute approximate surface area is 86.7 Å². The summed E-state index contributed by atoms with van der Waals surface area (Å²) in [6, 6.07) is 0. The molecule has 78 valence electrons. The molecule has 0 aliphatic heterocycles. The van der Waals surface area contributed by atoms with Gasteiger partial charge in [-0.3, -0.25) is 5.32 Å². The molecule has 0 aliphatic rings. The van der Waals surface area contributed by atoms with E-state index in [0.29, 0.717) is 5.13 Å². The zero-order valence-electron chi connectivity index (χ0n) is 8.40. The van der Waals surface area contributed by atoms with Crippen LogP contribution in [0.2, 0.25) is 0 Å². The largest absolute Gasteiger partial charge is 0.453 e. The number of thiazole rings is 1. The summed E-state index contributed by atoms with van der Waals surface area (Å²) in [5.74, 6) is 0. The van der Waals surface area contributed by atoms with E-state index in [9.17, 15) is 4.79 Å². The third kappa shape index (κ3) is 3.31. The van der Waals surface area contributed by atoms with Crippen LogP contribution < -0.4 is 5.32 Å². The highest BCUT2D eigenvalue weighted by molar-refractivity contribution is 7.13. The number of amides is 1. The Hall–Kier alpha value is -1.14. The van der Waals surface area contributed by atoms with E-state index in [0.717, 1.165) is 12.2 Å². The summed E-state index contributed by atoms with van der Waals surface area (Å²) >= 11 is 1.39. The fraction of sp³-hybridized carbons (Fsp3) is 0.500. The van der Waals surface area contributed by atoms with Gasteiger partial charge in [0, 0.05) is 11.9 Å². The summed E-state index contributed by atoms with van der Waals surface area (Å²) in [5, 5.41) is 4.98. The van der Waals surface area contributed by atoms with E-state index in [4.69, 9.17) is 0 Å². The molecular formula is C8H13N3O2S. The lowest BCUT2D eigenvalue weighted by Gasteiger charge is -2.05. The van der Waals surface area contributed by atoms with Crippen molar-refractivity contribution < 1.29 is 9.53 Å². The average molecular weight is 215 g/mol. The maximum absolute atomic E-state index is 10.8. The number of ether oxygens (including phenoxy) is 1. The molecule has 0 unspecified atom stereocenters. The second kappa shape index (κ2) is 4.92. The van der Waals surface area contributed by atoms with Crippen LogP contribution in [0.5, 0.6) is 0 Å².